The molecular weight excluding hydrogens is 252 g/mol. The third kappa shape index (κ3) is 4.35. The van der Waals surface area contributed by atoms with Gasteiger partial charge in [0.1, 0.15) is 0 Å². The lowest BCUT2D eigenvalue weighted by molar-refractivity contribution is 0.185. The van der Waals surface area contributed by atoms with Gasteiger partial charge in [0.05, 0.1) is 6.61 Å². The third-order valence-corrected chi connectivity index (χ3v) is 3.90. The van der Waals surface area contributed by atoms with Gasteiger partial charge in [-0.05, 0) is 23.0 Å². The Hall–Kier alpha value is -0.340. The molecule has 0 heterocycles. The summed E-state index contributed by atoms with van der Waals surface area (Å²) in [5, 5.41) is 1.03. The van der Waals surface area contributed by atoms with Crippen molar-refractivity contribution in [2.75, 3.05) is 12.4 Å². The molecule has 0 saturated carbocycles. The minimum absolute atomic E-state index is 0.322. The smallest absolute Gasteiger partial charge is 0.0713 e. The highest BCUT2D eigenvalue weighted by atomic mass is 79.9. The molecule has 0 aromatic heterocycles. The molecule has 0 saturated heterocycles. The van der Waals surface area contributed by atoms with Crippen LogP contribution in [0.25, 0.3) is 0 Å². The van der Waals surface area contributed by atoms with Gasteiger partial charge in [0.25, 0.3) is 0 Å². The summed E-state index contributed by atoms with van der Waals surface area (Å²) in [6.45, 7) is 5.23. The van der Waals surface area contributed by atoms with Gasteiger partial charge in [-0.1, -0.05) is 54.0 Å². The highest BCUT2D eigenvalue weighted by molar-refractivity contribution is 9.09. The van der Waals surface area contributed by atoms with Gasteiger partial charge in [-0.2, -0.15) is 0 Å². The summed E-state index contributed by atoms with van der Waals surface area (Å²) in [5.41, 5.74) is 2.94. The number of rotatable bonds is 5. The van der Waals surface area contributed by atoms with Crippen LogP contribution < -0.4 is 0 Å². The predicted octanol–water partition coefficient (Wildman–Crippen LogP) is 3.80. The number of methoxy groups -OCH3 is 1. The van der Waals surface area contributed by atoms with Crippen molar-refractivity contribution in [2.24, 2.45) is 5.41 Å². The zero-order valence-electron chi connectivity index (χ0n) is 9.72. The number of hydrogen-bond acceptors (Lipinski definition) is 1. The molecule has 0 amide bonds. The average molecular weight is 271 g/mol. The van der Waals surface area contributed by atoms with E-state index in [-0.39, 0.29) is 0 Å². The SMILES string of the molecule is COCc1ccc(CC(C)(C)CBr)cc1. The van der Waals surface area contributed by atoms with E-state index >= 15 is 0 Å². The van der Waals surface area contributed by atoms with Crippen LogP contribution in [0.15, 0.2) is 24.3 Å². The van der Waals surface area contributed by atoms with Gasteiger partial charge in [-0.15, -0.1) is 0 Å². The largest absolute Gasteiger partial charge is 0.380 e. The molecule has 1 nitrogen and oxygen atoms in total. The van der Waals surface area contributed by atoms with Crippen LogP contribution in [0.4, 0.5) is 0 Å². The molecule has 2 heteroatoms. The summed E-state index contributed by atoms with van der Waals surface area (Å²) < 4.78 is 5.08. The molecule has 0 aliphatic rings. The summed E-state index contributed by atoms with van der Waals surface area (Å²) in [7, 11) is 1.72. The van der Waals surface area contributed by atoms with Crippen LogP contribution in [-0.4, -0.2) is 12.4 Å². The molecule has 0 aliphatic heterocycles. The normalized spacial score (nSPS) is 11.7. The van der Waals surface area contributed by atoms with Crippen molar-refractivity contribution in [1.82, 2.24) is 0 Å². The summed E-state index contributed by atoms with van der Waals surface area (Å²) in [6.07, 6.45) is 1.10. The molecular formula is C13H19BrO. The van der Waals surface area contributed by atoms with Crippen molar-refractivity contribution in [3.8, 4) is 0 Å². The van der Waals surface area contributed by atoms with Gasteiger partial charge in [0.15, 0.2) is 0 Å². The quantitative estimate of drug-likeness (QED) is 0.740. The van der Waals surface area contributed by atoms with E-state index in [2.05, 4.69) is 54.0 Å². The van der Waals surface area contributed by atoms with Gasteiger partial charge >= 0.3 is 0 Å². The Kier molecular flexibility index (Phi) is 4.81. The topological polar surface area (TPSA) is 9.23 Å². The molecule has 0 spiro atoms. The first-order valence-corrected chi connectivity index (χ1v) is 6.32. The Morgan fingerprint density at radius 3 is 2.13 bits per heavy atom. The predicted molar refractivity (Wildman–Crippen MR) is 68.4 cm³/mol. The molecule has 84 valence electrons. The third-order valence-electron chi connectivity index (χ3n) is 2.38. The van der Waals surface area contributed by atoms with E-state index in [0.29, 0.717) is 12.0 Å². The monoisotopic (exact) mass is 270 g/mol. The van der Waals surface area contributed by atoms with E-state index in [1.807, 2.05) is 0 Å². The summed E-state index contributed by atoms with van der Waals surface area (Å²) in [6, 6.07) is 8.67. The van der Waals surface area contributed by atoms with E-state index in [4.69, 9.17) is 4.74 Å². The fourth-order valence-corrected chi connectivity index (χ4v) is 1.72. The Morgan fingerprint density at radius 1 is 1.13 bits per heavy atom. The van der Waals surface area contributed by atoms with Crippen LogP contribution in [0.2, 0.25) is 0 Å². The fraction of sp³-hybridized carbons (Fsp3) is 0.538. The first-order valence-electron chi connectivity index (χ1n) is 5.20. The summed E-state index contributed by atoms with van der Waals surface area (Å²) in [4.78, 5) is 0. The van der Waals surface area contributed by atoms with E-state index in [1.54, 1.807) is 7.11 Å². The van der Waals surface area contributed by atoms with Crippen molar-refractivity contribution in [3.63, 3.8) is 0 Å². The van der Waals surface area contributed by atoms with Crippen molar-refractivity contribution in [1.29, 1.82) is 0 Å². The minimum atomic E-state index is 0.322. The molecule has 15 heavy (non-hydrogen) atoms. The lowest BCUT2D eigenvalue weighted by Crippen LogP contribution is -2.16. The van der Waals surface area contributed by atoms with E-state index < -0.39 is 0 Å². The number of benzene rings is 1. The molecule has 0 atom stereocenters. The Bertz CT molecular complexity index is 290. The molecule has 1 aromatic carbocycles. The molecule has 0 radical (unpaired) electrons. The standard InChI is InChI=1S/C13H19BrO/c1-13(2,10-14)8-11-4-6-12(7-5-11)9-15-3/h4-7H,8-10H2,1-3H3. The molecule has 1 rings (SSSR count). The van der Waals surface area contributed by atoms with Crippen molar-refractivity contribution in [2.45, 2.75) is 26.9 Å². The summed E-state index contributed by atoms with van der Waals surface area (Å²) in [5.74, 6) is 0. The molecule has 0 fully saturated rings. The Balaban J connectivity index is 2.64. The van der Waals surface area contributed by atoms with Gasteiger partial charge in [0, 0.05) is 12.4 Å². The maximum absolute atomic E-state index is 5.08. The van der Waals surface area contributed by atoms with Crippen LogP contribution in [0.1, 0.15) is 25.0 Å². The Labute approximate surface area is 101 Å². The van der Waals surface area contributed by atoms with E-state index in [9.17, 15) is 0 Å². The lowest BCUT2D eigenvalue weighted by Gasteiger charge is -2.21. The number of alkyl halides is 1. The second-order valence-electron chi connectivity index (χ2n) is 4.72. The second-order valence-corrected chi connectivity index (χ2v) is 5.28. The first-order chi connectivity index (χ1) is 7.07. The highest BCUT2D eigenvalue weighted by Crippen LogP contribution is 2.24. The van der Waals surface area contributed by atoms with E-state index in [0.717, 1.165) is 11.8 Å². The van der Waals surface area contributed by atoms with Gasteiger partial charge < -0.3 is 4.74 Å². The average Bonchev–Trinajstić information content (AvgIpc) is 2.21. The van der Waals surface area contributed by atoms with Crippen molar-refractivity contribution < 1.29 is 4.74 Å². The van der Waals surface area contributed by atoms with Gasteiger partial charge in [-0.25, -0.2) is 0 Å². The molecule has 0 aliphatic carbocycles. The van der Waals surface area contributed by atoms with E-state index in [1.165, 1.54) is 11.1 Å². The number of halogens is 1. The van der Waals surface area contributed by atoms with Crippen LogP contribution in [0, 0.1) is 5.41 Å². The summed E-state index contributed by atoms with van der Waals surface area (Å²) >= 11 is 3.55. The number of ether oxygens (including phenoxy) is 1. The second kappa shape index (κ2) is 5.66. The maximum atomic E-state index is 5.08. The lowest BCUT2D eigenvalue weighted by atomic mass is 9.88. The van der Waals surface area contributed by atoms with Crippen molar-refractivity contribution >= 4 is 15.9 Å². The van der Waals surface area contributed by atoms with Gasteiger partial charge in [-0.3, -0.25) is 0 Å². The molecule has 0 unspecified atom stereocenters. The minimum Gasteiger partial charge on any atom is -0.380 e. The van der Waals surface area contributed by atoms with Crippen LogP contribution in [-0.2, 0) is 17.8 Å². The van der Waals surface area contributed by atoms with Crippen molar-refractivity contribution in [3.05, 3.63) is 35.4 Å². The van der Waals surface area contributed by atoms with Crippen LogP contribution >= 0.6 is 15.9 Å². The van der Waals surface area contributed by atoms with Crippen LogP contribution in [0.5, 0.6) is 0 Å². The van der Waals surface area contributed by atoms with Crippen LogP contribution in [0.3, 0.4) is 0 Å². The fourth-order valence-electron chi connectivity index (χ4n) is 1.52. The number of hydrogen-bond donors (Lipinski definition) is 0. The highest BCUT2D eigenvalue weighted by Gasteiger charge is 2.16. The Morgan fingerprint density at radius 2 is 1.67 bits per heavy atom. The first kappa shape index (κ1) is 12.7. The zero-order chi connectivity index (χ0) is 11.3. The molecule has 0 bridgehead atoms. The maximum Gasteiger partial charge on any atom is 0.0713 e. The van der Waals surface area contributed by atoms with Gasteiger partial charge in [0.2, 0.25) is 0 Å². The molecule has 1 aromatic rings. The zero-order valence-corrected chi connectivity index (χ0v) is 11.3. The molecule has 0 N–H and O–H groups in total.